The van der Waals surface area contributed by atoms with E-state index in [0.717, 1.165) is 5.56 Å². The quantitative estimate of drug-likeness (QED) is 0.824. The van der Waals surface area contributed by atoms with Gasteiger partial charge in [0, 0.05) is 23.9 Å². The lowest BCUT2D eigenvalue weighted by Gasteiger charge is -2.03. The summed E-state index contributed by atoms with van der Waals surface area (Å²) in [6, 6.07) is 3.01. The number of nitrogen functional groups attached to an aromatic ring is 1. The molecule has 0 saturated heterocycles. The Morgan fingerprint density at radius 2 is 2.25 bits per heavy atom. The number of nitrogens with two attached hydrogens (primary N) is 1. The topological polar surface area (TPSA) is 43.1 Å². The minimum absolute atomic E-state index is 0.0496. The molecule has 16 heavy (non-hydrogen) atoms. The molecule has 0 spiro atoms. The van der Waals surface area contributed by atoms with E-state index >= 15 is 0 Å². The summed E-state index contributed by atoms with van der Waals surface area (Å²) >= 11 is 1.18. The molecule has 4 heteroatoms. The number of hydrogen-bond donors (Lipinski definition) is 1. The second kappa shape index (κ2) is 5.70. The van der Waals surface area contributed by atoms with E-state index < -0.39 is 0 Å². The van der Waals surface area contributed by atoms with Crippen LogP contribution in [0.5, 0.6) is 0 Å². The van der Waals surface area contributed by atoms with Crippen molar-refractivity contribution in [2.75, 3.05) is 11.5 Å². The summed E-state index contributed by atoms with van der Waals surface area (Å²) in [6.07, 6.45) is 3.39. The van der Waals surface area contributed by atoms with E-state index in [-0.39, 0.29) is 10.9 Å². The molecule has 0 aromatic heterocycles. The van der Waals surface area contributed by atoms with Crippen molar-refractivity contribution in [1.29, 1.82) is 0 Å². The van der Waals surface area contributed by atoms with Crippen molar-refractivity contribution >= 4 is 28.6 Å². The lowest BCUT2D eigenvalue weighted by Crippen LogP contribution is -1.93. The Morgan fingerprint density at radius 3 is 2.88 bits per heavy atom. The zero-order chi connectivity index (χ0) is 12.1. The molecule has 0 amide bonds. The fraction of sp³-hybridized carbons (Fsp3) is 0.250. The molecule has 0 heterocycles. The Labute approximate surface area is 98.7 Å². The monoisotopic (exact) mass is 239 g/mol. The second-order valence-electron chi connectivity index (χ2n) is 3.44. The van der Waals surface area contributed by atoms with Gasteiger partial charge in [0.2, 0.25) is 0 Å². The molecule has 0 atom stereocenters. The molecule has 0 bridgehead atoms. The maximum absolute atomic E-state index is 13.4. The van der Waals surface area contributed by atoms with Crippen LogP contribution in [0.3, 0.4) is 0 Å². The standard InChI is InChI=1S/C12H14FNOS/c1-8-6-11(13)10(7-12(8)14)4-3-5-16-9(2)15/h3-4,6-7H,5,14H2,1-2H3. The number of carbonyl (C=O) groups is 1. The molecule has 1 aromatic rings. The SMILES string of the molecule is CC(=O)SCC=Cc1cc(N)c(C)cc1F. The van der Waals surface area contributed by atoms with Crippen molar-refractivity contribution in [3.8, 4) is 0 Å². The van der Waals surface area contributed by atoms with Crippen LogP contribution in [0.4, 0.5) is 10.1 Å². The highest BCUT2D eigenvalue weighted by molar-refractivity contribution is 8.13. The van der Waals surface area contributed by atoms with Crippen molar-refractivity contribution in [2.45, 2.75) is 13.8 Å². The van der Waals surface area contributed by atoms with Crippen molar-refractivity contribution in [3.05, 3.63) is 35.2 Å². The van der Waals surface area contributed by atoms with Gasteiger partial charge in [-0.1, -0.05) is 23.9 Å². The maximum atomic E-state index is 13.4. The van der Waals surface area contributed by atoms with Crippen LogP contribution < -0.4 is 5.73 Å². The van der Waals surface area contributed by atoms with Gasteiger partial charge in [-0.05, 0) is 24.6 Å². The zero-order valence-electron chi connectivity index (χ0n) is 9.29. The maximum Gasteiger partial charge on any atom is 0.186 e. The summed E-state index contributed by atoms with van der Waals surface area (Å²) in [4.78, 5) is 10.7. The average molecular weight is 239 g/mol. The van der Waals surface area contributed by atoms with Crippen molar-refractivity contribution in [2.24, 2.45) is 0 Å². The van der Waals surface area contributed by atoms with Crippen LogP contribution in [0.2, 0.25) is 0 Å². The van der Waals surface area contributed by atoms with Gasteiger partial charge in [-0.2, -0.15) is 0 Å². The van der Waals surface area contributed by atoms with Crippen LogP contribution in [0.15, 0.2) is 18.2 Å². The lowest BCUT2D eigenvalue weighted by atomic mass is 10.1. The molecule has 86 valence electrons. The van der Waals surface area contributed by atoms with E-state index in [1.807, 2.05) is 0 Å². The molecule has 0 aliphatic carbocycles. The zero-order valence-corrected chi connectivity index (χ0v) is 10.1. The highest BCUT2D eigenvalue weighted by atomic mass is 32.2. The highest BCUT2D eigenvalue weighted by Gasteiger charge is 2.02. The predicted octanol–water partition coefficient (Wildman–Crippen LogP) is 3.01. The van der Waals surface area contributed by atoms with E-state index in [9.17, 15) is 9.18 Å². The molecule has 2 N–H and O–H groups in total. The Kier molecular flexibility index (Phi) is 4.55. The summed E-state index contributed by atoms with van der Waals surface area (Å²) in [5, 5.41) is 0.0496. The first-order valence-electron chi connectivity index (χ1n) is 4.86. The summed E-state index contributed by atoms with van der Waals surface area (Å²) in [7, 11) is 0. The van der Waals surface area contributed by atoms with E-state index in [2.05, 4.69) is 0 Å². The van der Waals surface area contributed by atoms with E-state index in [4.69, 9.17) is 5.73 Å². The Bertz CT molecular complexity index is 429. The van der Waals surface area contributed by atoms with Crippen LogP contribution in [0.25, 0.3) is 6.08 Å². The third kappa shape index (κ3) is 3.70. The number of thioether (sulfide) groups is 1. The van der Waals surface area contributed by atoms with Crippen LogP contribution in [-0.2, 0) is 4.79 Å². The number of halogens is 1. The van der Waals surface area contributed by atoms with Crippen LogP contribution in [0.1, 0.15) is 18.1 Å². The highest BCUT2D eigenvalue weighted by Crippen LogP contribution is 2.18. The molecular weight excluding hydrogens is 225 g/mol. The molecule has 1 aromatic carbocycles. The summed E-state index contributed by atoms with van der Waals surface area (Å²) in [5.74, 6) is 0.249. The normalized spacial score (nSPS) is 10.9. The first-order valence-corrected chi connectivity index (χ1v) is 5.85. The molecule has 0 radical (unpaired) electrons. The number of aryl methyl sites for hydroxylation is 1. The molecule has 2 nitrogen and oxygen atoms in total. The average Bonchev–Trinajstić information content (AvgIpc) is 2.19. The van der Waals surface area contributed by atoms with Crippen LogP contribution in [-0.4, -0.2) is 10.9 Å². The lowest BCUT2D eigenvalue weighted by molar-refractivity contribution is -0.109. The largest absolute Gasteiger partial charge is 0.398 e. The smallest absolute Gasteiger partial charge is 0.186 e. The third-order valence-electron chi connectivity index (χ3n) is 2.07. The molecule has 0 aliphatic rings. The Morgan fingerprint density at radius 1 is 1.56 bits per heavy atom. The fourth-order valence-electron chi connectivity index (χ4n) is 1.18. The number of carbonyl (C=O) groups excluding carboxylic acids is 1. The molecule has 0 fully saturated rings. The van der Waals surface area contributed by atoms with Gasteiger partial charge < -0.3 is 5.73 Å². The molecule has 0 aliphatic heterocycles. The number of hydrogen-bond acceptors (Lipinski definition) is 3. The number of anilines is 1. The van der Waals surface area contributed by atoms with Gasteiger partial charge in [-0.25, -0.2) is 4.39 Å². The van der Waals surface area contributed by atoms with Gasteiger partial charge in [-0.15, -0.1) is 0 Å². The van der Waals surface area contributed by atoms with Crippen molar-refractivity contribution in [1.82, 2.24) is 0 Å². The van der Waals surface area contributed by atoms with Crippen molar-refractivity contribution in [3.63, 3.8) is 0 Å². The van der Waals surface area contributed by atoms with Gasteiger partial charge in [0.05, 0.1) is 0 Å². The van der Waals surface area contributed by atoms with Gasteiger partial charge in [0.15, 0.2) is 5.12 Å². The molecule has 0 saturated carbocycles. The van der Waals surface area contributed by atoms with E-state index in [1.54, 1.807) is 25.1 Å². The fourth-order valence-corrected chi connectivity index (χ4v) is 1.60. The minimum Gasteiger partial charge on any atom is -0.398 e. The minimum atomic E-state index is -0.296. The third-order valence-corrected chi connectivity index (χ3v) is 2.83. The molecule has 1 rings (SSSR count). The van der Waals surface area contributed by atoms with Gasteiger partial charge in [0.1, 0.15) is 5.82 Å². The molecular formula is C12H14FNOS. The number of benzene rings is 1. The van der Waals surface area contributed by atoms with E-state index in [1.165, 1.54) is 24.8 Å². The first kappa shape index (κ1) is 12.8. The number of rotatable bonds is 3. The van der Waals surface area contributed by atoms with Gasteiger partial charge >= 0.3 is 0 Å². The molecule has 0 unspecified atom stereocenters. The Balaban J connectivity index is 2.73. The predicted molar refractivity (Wildman–Crippen MR) is 67.7 cm³/mol. The van der Waals surface area contributed by atoms with Gasteiger partial charge in [-0.3, -0.25) is 4.79 Å². The first-order chi connectivity index (χ1) is 7.50. The van der Waals surface area contributed by atoms with E-state index in [0.29, 0.717) is 17.0 Å². The summed E-state index contributed by atoms with van der Waals surface area (Å²) in [5.41, 5.74) is 7.43. The van der Waals surface area contributed by atoms with Crippen LogP contribution >= 0.6 is 11.8 Å². The second-order valence-corrected chi connectivity index (χ2v) is 4.63. The summed E-state index contributed by atoms with van der Waals surface area (Å²) < 4.78 is 13.4. The van der Waals surface area contributed by atoms with Crippen LogP contribution in [0, 0.1) is 12.7 Å². The summed E-state index contributed by atoms with van der Waals surface area (Å²) in [6.45, 7) is 3.26. The van der Waals surface area contributed by atoms with Gasteiger partial charge in [0.25, 0.3) is 0 Å². The Hall–Kier alpha value is -1.29. The van der Waals surface area contributed by atoms with Crippen molar-refractivity contribution < 1.29 is 9.18 Å².